The summed E-state index contributed by atoms with van der Waals surface area (Å²) in [4.78, 5) is 12.5. The van der Waals surface area contributed by atoms with Crippen LogP contribution in [0.3, 0.4) is 0 Å². The van der Waals surface area contributed by atoms with Gasteiger partial charge in [-0.3, -0.25) is 4.79 Å². The number of furan rings is 1. The van der Waals surface area contributed by atoms with Gasteiger partial charge in [0.05, 0.1) is 28.3 Å². The van der Waals surface area contributed by atoms with Gasteiger partial charge in [-0.15, -0.1) is 0 Å². The molecule has 3 aromatic rings. The molecule has 0 spiro atoms. The highest BCUT2D eigenvalue weighted by Gasteiger charge is 2.19. The number of carbonyl (C=O) groups is 1. The molecule has 1 heterocycles. The summed E-state index contributed by atoms with van der Waals surface area (Å²) >= 11 is 12.1. The molecule has 0 saturated heterocycles. The molecule has 1 N–H and O–H groups in total. The van der Waals surface area contributed by atoms with E-state index in [1.807, 2.05) is 38.1 Å². The number of halogens is 2. The van der Waals surface area contributed by atoms with Crippen LogP contribution in [-0.2, 0) is 0 Å². The topological polar surface area (TPSA) is 51.5 Å². The number of rotatable bonds is 5. The highest BCUT2D eigenvalue weighted by molar-refractivity contribution is 6.43. The van der Waals surface area contributed by atoms with Crippen LogP contribution in [0.1, 0.15) is 36.0 Å². The zero-order chi connectivity index (χ0) is 18.0. The first kappa shape index (κ1) is 17.6. The lowest BCUT2D eigenvalue weighted by molar-refractivity contribution is 0.0936. The van der Waals surface area contributed by atoms with Gasteiger partial charge in [-0.2, -0.15) is 0 Å². The Hall–Kier alpha value is -2.17. The van der Waals surface area contributed by atoms with E-state index in [-0.39, 0.29) is 17.0 Å². The van der Waals surface area contributed by atoms with E-state index in [0.29, 0.717) is 34.3 Å². The molecule has 1 unspecified atom stereocenters. The van der Waals surface area contributed by atoms with Gasteiger partial charge >= 0.3 is 0 Å². The van der Waals surface area contributed by atoms with Crippen LogP contribution in [0.25, 0.3) is 11.0 Å². The SMILES string of the molecule is CCOc1cccc2cc(C(C)NC(=O)c3cccc(Cl)c3Cl)oc12. The number of fused-ring (bicyclic) bond motifs is 1. The fraction of sp³-hybridized carbons (Fsp3) is 0.211. The Morgan fingerprint density at radius 3 is 2.76 bits per heavy atom. The maximum absolute atomic E-state index is 12.5. The summed E-state index contributed by atoms with van der Waals surface area (Å²) < 4.78 is 11.5. The molecule has 0 fully saturated rings. The molecule has 1 amide bonds. The van der Waals surface area contributed by atoms with Crippen molar-refractivity contribution in [2.45, 2.75) is 19.9 Å². The van der Waals surface area contributed by atoms with Gasteiger partial charge in [0.15, 0.2) is 11.3 Å². The standard InChI is InChI=1S/C19H17Cl2NO3/c1-3-24-15-9-4-6-12-10-16(25-18(12)15)11(2)22-19(23)13-7-5-8-14(20)17(13)21/h4-11H,3H2,1-2H3,(H,22,23). The maximum atomic E-state index is 12.5. The third kappa shape index (κ3) is 3.60. The van der Waals surface area contributed by atoms with Crippen LogP contribution in [-0.4, -0.2) is 12.5 Å². The molecule has 3 rings (SSSR count). The van der Waals surface area contributed by atoms with Crippen molar-refractivity contribution in [3.05, 3.63) is 63.8 Å². The van der Waals surface area contributed by atoms with Gasteiger partial charge < -0.3 is 14.5 Å². The summed E-state index contributed by atoms with van der Waals surface area (Å²) in [5, 5.41) is 4.37. The fourth-order valence-corrected chi connectivity index (χ4v) is 2.95. The summed E-state index contributed by atoms with van der Waals surface area (Å²) in [7, 11) is 0. The number of hydrogen-bond donors (Lipinski definition) is 1. The third-order valence-corrected chi connectivity index (χ3v) is 4.62. The molecule has 0 radical (unpaired) electrons. The minimum Gasteiger partial charge on any atom is -0.490 e. The molecule has 0 aliphatic carbocycles. The van der Waals surface area contributed by atoms with Gasteiger partial charge in [-0.05, 0) is 38.1 Å². The second kappa shape index (κ2) is 7.38. The van der Waals surface area contributed by atoms with Crippen molar-refractivity contribution < 1.29 is 13.9 Å². The van der Waals surface area contributed by atoms with Gasteiger partial charge in [-0.1, -0.05) is 41.4 Å². The predicted molar refractivity (Wildman–Crippen MR) is 99.7 cm³/mol. The highest BCUT2D eigenvalue weighted by Crippen LogP contribution is 2.31. The summed E-state index contributed by atoms with van der Waals surface area (Å²) in [6.45, 7) is 4.31. The zero-order valence-electron chi connectivity index (χ0n) is 13.8. The number of hydrogen-bond acceptors (Lipinski definition) is 3. The summed E-state index contributed by atoms with van der Waals surface area (Å²) in [5.41, 5.74) is 0.994. The summed E-state index contributed by atoms with van der Waals surface area (Å²) in [6, 6.07) is 12.2. The Labute approximate surface area is 155 Å². The lowest BCUT2D eigenvalue weighted by atomic mass is 10.1. The van der Waals surface area contributed by atoms with E-state index in [2.05, 4.69) is 5.32 Å². The fourth-order valence-electron chi connectivity index (χ4n) is 2.56. The van der Waals surface area contributed by atoms with Crippen molar-refractivity contribution in [3.63, 3.8) is 0 Å². The normalized spacial score (nSPS) is 12.2. The van der Waals surface area contributed by atoms with E-state index in [4.69, 9.17) is 32.4 Å². The molecule has 6 heteroatoms. The van der Waals surface area contributed by atoms with E-state index in [9.17, 15) is 4.79 Å². The number of benzene rings is 2. The lowest BCUT2D eigenvalue weighted by Crippen LogP contribution is -2.26. The Balaban J connectivity index is 1.84. The van der Waals surface area contributed by atoms with Crippen molar-refractivity contribution in [3.8, 4) is 5.75 Å². The van der Waals surface area contributed by atoms with Crippen LogP contribution in [0, 0.1) is 0 Å². The number of carbonyl (C=O) groups excluding carboxylic acids is 1. The van der Waals surface area contributed by atoms with Crippen molar-refractivity contribution in [1.82, 2.24) is 5.32 Å². The average molecular weight is 378 g/mol. The number of ether oxygens (including phenoxy) is 1. The second-order valence-corrected chi connectivity index (χ2v) is 6.34. The maximum Gasteiger partial charge on any atom is 0.253 e. The van der Waals surface area contributed by atoms with Crippen LogP contribution in [0.4, 0.5) is 0 Å². The molecular formula is C19H17Cl2NO3. The quantitative estimate of drug-likeness (QED) is 0.626. The molecule has 25 heavy (non-hydrogen) atoms. The molecule has 1 aromatic heterocycles. The van der Waals surface area contributed by atoms with Crippen molar-refractivity contribution in [2.24, 2.45) is 0 Å². The van der Waals surface area contributed by atoms with Crippen molar-refractivity contribution >= 4 is 40.1 Å². The van der Waals surface area contributed by atoms with Gasteiger partial charge in [0.2, 0.25) is 0 Å². The van der Waals surface area contributed by atoms with E-state index >= 15 is 0 Å². The highest BCUT2D eigenvalue weighted by atomic mass is 35.5. The van der Waals surface area contributed by atoms with Crippen LogP contribution in [0.2, 0.25) is 10.0 Å². The molecular weight excluding hydrogens is 361 g/mol. The Morgan fingerprint density at radius 1 is 1.24 bits per heavy atom. The monoisotopic (exact) mass is 377 g/mol. The Morgan fingerprint density at radius 2 is 2.00 bits per heavy atom. The van der Waals surface area contributed by atoms with Crippen LogP contribution in [0.5, 0.6) is 5.75 Å². The molecule has 0 saturated carbocycles. The minimum absolute atomic E-state index is 0.233. The molecule has 0 aliphatic rings. The van der Waals surface area contributed by atoms with Gasteiger partial charge in [0, 0.05) is 5.39 Å². The predicted octanol–water partition coefficient (Wildman–Crippen LogP) is 5.63. The van der Waals surface area contributed by atoms with Crippen molar-refractivity contribution in [2.75, 3.05) is 6.61 Å². The summed E-state index contributed by atoms with van der Waals surface area (Å²) in [5.74, 6) is 1.00. The van der Waals surface area contributed by atoms with Crippen LogP contribution in [0.15, 0.2) is 46.9 Å². The van der Waals surface area contributed by atoms with Gasteiger partial charge in [-0.25, -0.2) is 0 Å². The average Bonchev–Trinajstić information content (AvgIpc) is 3.03. The van der Waals surface area contributed by atoms with E-state index in [0.717, 1.165) is 5.39 Å². The third-order valence-electron chi connectivity index (χ3n) is 3.80. The van der Waals surface area contributed by atoms with E-state index < -0.39 is 0 Å². The Kier molecular flexibility index (Phi) is 5.21. The molecule has 130 valence electrons. The molecule has 0 bridgehead atoms. The minimum atomic E-state index is -0.343. The number of nitrogens with one attached hydrogen (secondary N) is 1. The summed E-state index contributed by atoms with van der Waals surface area (Å²) in [6.07, 6.45) is 0. The molecule has 1 atom stereocenters. The number of amides is 1. The van der Waals surface area contributed by atoms with Crippen molar-refractivity contribution in [1.29, 1.82) is 0 Å². The van der Waals surface area contributed by atoms with Gasteiger partial charge in [0.1, 0.15) is 5.76 Å². The molecule has 0 aliphatic heterocycles. The first-order chi connectivity index (χ1) is 12.0. The van der Waals surface area contributed by atoms with E-state index in [1.165, 1.54) is 0 Å². The number of para-hydroxylation sites is 1. The zero-order valence-corrected chi connectivity index (χ0v) is 15.3. The second-order valence-electron chi connectivity index (χ2n) is 5.55. The van der Waals surface area contributed by atoms with Crippen LogP contribution >= 0.6 is 23.2 Å². The largest absolute Gasteiger partial charge is 0.490 e. The smallest absolute Gasteiger partial charge is 0.253 e. The van der Waals surface area contributed by atoms with Gasteiger partial charge in [0.25, 0.3) is 5.91 Å². The first-order valence-corrected chi connectivity index (χ1v) is 8.67. The molecule has 4 nitrogen and oxygen atoms in total. The Bertz CT molecular complexity index is 920. The van der Waals surface area contributed by atoms with E-state index in [1.54, 1.807) is 18.2 Å². The lowest BCUT2D eigenvalue weighted by Gasteiger charge is -2.12. The molecule has 2 aromatic carbocycles. The first-order valence-electron chi connectivity index (χ1n) is 7.91. The van der Waals surface area contributed by atoms with Crippen LogP contribution < -0.4 is 10.1 Å².